The minimum Gasteiger partial charge on any atom is -0.290 e. The van der Waals surface area contributed by atoms with Gasteiger partial charge in [-0.05, 0) is 30.7 Å². The van der Waals surface area contributed by atoms with E-state index < -0.39 is 0 Å². The van der Waals surface area contributed by atoms with E-state index in [9.17, 15) is 0 Å². The van der Waals surface area contributed by atoms with E-state index in [1.54, 1.807) is 18.9 Å². The van der Waals surface area contributed by atoms with E-state index in [1.807, 2.05) is 22.1 Å². The van der Waals surface area contributed by atoms with Gasteiger partial charge < -0.3 is 0 Å². The first-order valence-electron chi connectivity index (χ1n) is 6.56. The molecule has 1 aliphatic rings. The molecule has 3 heterocycles. The number of nitrogens with zero attached hydrogens (tertiary/aromatic N) is 4. The highest BCUT2D eigenvalue weighted by Gasteiger charge is 2.23. The molecule has 5 heteroatoms. The van der Waals surface area contributed by atoms with Crippen molar-refractivity contribution < 1.29 is 0 Å². The molecule has 1 atom stereocenters. The van der Waals surface area contributed by atoms with Crippen LogP contribution in [0.1, 0.15) is 23.8 Å². The molecule has 1 aliphatic carbocycles. The third kappa shape index (κ3) is 1.69. The largest absolute Gasteiger partial charge is 0.290 e. The normalized spacial score (nSPS) is 18.7. The fourth-order valence-electron chi connectivity index (χ4n) is 2.84. The summed E-state index contributed by atoms with van der Waals surface area (Å²) < 4.78 is 1.98. The highest BCUT2D eigenvalue weighted by molar-refractivity contribution is 7.18. The summed E-state index contributed by atoms with van der Waals surface area (Å²) >= 11 is 1.83. The number of fused-ring (bicyclic) bond motifs is 3. The molecule has 0 saturated carbocycles. The molecule has 0 N–H and O–H groups in total. The van der Waals surface area contributed by atoms with Gasteiger partial charge >= 0.3 is 0 Å². The number of hydrogen-bond acceptors (Lipinski definition) is 4. The maximum Gasteiger partial charge on any atom is 0.150 e. The fourth-order valence-corrected chi connectivity index (χ4v) is 4.18. The third-order valence-corrected chi connectivity index (χ3v) is 4.98. The second-order valence-electron chi connectivity index (χ2n) is 5.20. The van der Waals surface area contributed by atoms with Crippen LogP contribution in [0.3, 0.4) is 0 Å². The van der Waals surface area contributed by atoms with Crippen LogP contribution in [0, 0.1) is 5.92 Å². The lowest BCUT2D eigenvalue weighted by Crippen LogP contribution is -2.09. The SMILES string of the molecule is C[C@@H]1CCc2c(sc3ncnc(-n4ccnc4)c23)C1. The monoisotopic (exact) mass is 270 g/mol. The van der Waals surface area contributed by atoms with E-state index in [4.69, 9.17) is 0 Å². The van der Waals surface area contributed by atoms with E-state index in [2.05, 4.69) is 21.9 Å². The van der Waals surface area contributed by atoms with Crippen molar-refractivity contribution >= 4 is 21.6 Å². The number of hydrogen-bond donors (Lipinski definition) is 0. The molecule has 19 heavy (non-hydrogen) atoms. The molecular weight excluding hydrogens is 256 g/mol. The number of imidazole rings is 1. The zero-order valence-electron chi connectivity index (χ0n) is 10.7. The van der Waals surface area contributed by atoms with Gasteiger partial charge in [-0.1, -0.05) is 6.92 Å². The van der Waals surface area contributed by atoms with Crippen LogP contribution < -0.4 is 0 Å². The number of aryl methyl sites for hydroxylation is 1. The molecule has 0 amide bonds. The van der Waals surface area contributed by atoms with Crippen LogP contribution >= 0.6 is 11.3 Å². The summed E-state index contributed by atoms with van der Waals surface area (Å²) in [6.45, 7) is 2.33. The van der Waals surface area contributed by atoms with E-state index in [0.29, 0.717) is 0 Å². The molecular formula is C14H14N4S. The zero-order chi connectivity index (χ0) is 12.8. The lowest BCUT2D eigenvalue weighted by atomic mass is 9.89. The topological polar surface area (TPSA) is 43.6 Å². The molecule has 0 bridgehead atoms. The van der Waals surface area contributed by atoms with Crippen molar-refractivity contribution in [1.29, 1.82) is 0 Å². The Morgan fingerprint density at radius 1 is 1.37 bits per heavy atom. The van der Waals surface area contributed by atoms with Crippen LogP contribution in [0.15, 0.2) is 25.0 Å². The Labute approximate surface area is 115 Å². The first-order valence-corrected chi connectivity index (χ1v) is 7.38. The summed E-state index contributed by atoms with van der Waals surface area (Å²) in [5.74, 6) is 1.75. The van der Waals surface area contributed by atoms with Crippen LogP contribution in [0.25, 0.3) is 16.0 Å². The fraction of sp³-hybridized carbons (Fsp3) is 0.357. The van der Waals surface area contributed by atoms with Gasteiger partial charge in [0.1, 0.15) is 23.3 Å². The summed E-state index contributed by atoms with van der Waals surface area (Å²) in [7, 11) is 0. The minimum atomic E-state index is 0.783. The van der Waals surface area contributed by atoms with Crippen LogP contribution in [0.2, 0.25) is 0 Å². The van der Waals surface area contributed by atoms with Gasteiger partial charge in [0.2, 0.25) is 0 Å². The smallest absolute Gasteiger partial charge is 0.150 e. The van der Waals surface area contributed by atoms with E-state index in [0.717, 1.165) is 23.0 Å². The first-order chi connectivity index (χ1) is 9.33. The molecule has 3 aromatic rings. The van der Waals surface area contributed by atoms with Crippen molar-refractivity contribution in [3.63, 3.8) is 0 Å². The molecule has 4 nitrogen and oxygen atoms in total. The van der Waals surface area contributed by atoms with Crippen molar-refractivity contribution in [2.24, 2.45) is 5.92 Å². The molecule has 0 radical (unpaired) electrons. The highest BCUT2D eigenvalue weighted by atomic mass is 32.1. The van der Waals surface area contributed by atoms with Gasteiger partial charge in [-0.15, -0.1) is 11.3 Å². The standard InChI is InChI=1S/C14H14N4S/c1-9-2-3-10-11(6-9)19-14-12(10)13(16-7-17-14)18-5-4-15-8-18/h4-5,7-9H,2-3,6H2,1H3/t9-/m1/s1. The van der Waals surface area contributed by atoms with Crippen LogP contribution in [0.5, 0.6) is 0 Å². The van der Waals surface area contributed by atoms with Gasteiger partial charge in [0.05, 0.1) is 5.39 Å². The average Bonchev–Trinajstić information content (AvgIpc) is 3.04. The van der Waals surface area contributed by atoms with Gasteiger partial charge in [-0.2, -0.15) is 0 Å². The molecule has 0 saturated heterocycles. The minimum absolute atomic E-state index is 0.783. The maximum atomic E-state index is 4.47. The third-order valence-electron chi connectivity index (χ3n) is 3.82. The average molecular weight is 270 g/mol. The Bertz CT molecular complexity index is 729. The zero-order valence-corrected chi connectivity index (χ0v) is 11.5. The molecule has 0 unspecified atom stereocenters. The first kappa shape index (κ1) is 11.1. The Kier molecular flexibility index (Phi) is 2.41. The van der Waals surface area contributed by atoms with E-state index >= 15 is 0 Å². The second kappa shape index (κ2) is 4.13. The number of aromatic nitrogens is 4. The van der Waals surface area contributed by atoms with Gasteiger partial charge in [0.15, 0.2) is 0 Å². The van der Waals surface area contributed by atoms with Crippen molar-refractivity contribution in [3.05, 3.63) is 35.5 Å². The van der Waals surface area contributed by atoms with Crippen molar-refractivity contribution in [2.45, 2.75) is 26.2 Å². The predicted molar refractivity (Wildman–Crippen MR) is 75.7 cm³/mol. The van der Waals surface area contributed by atoms with Gasteiger partial charge in [-0.25, -0.2) is 15.0 Å². The number of thiophene rings is 1. The van der Waals surface area contributed by atoms with Crippen LogP contribution in [-0.2, 0) is 12.8 Å². The molecule has 0 aliphatic heterocycles. The Hall–Kier alpha value is -1.75. The van der Waals surface area contributed by atoms with Gasteiger partial charge in [-0.3, -0.25) is 4.57 Å². The Morgan fingerprint density at radius 3 is 3.16 bits per heavy atom. The summed E-state index contributed by atoms with van der Waals surface area (Å²) in [5.41, 5.74) is 1.46. The van der Waals surface area contributed by atoms with Crippen LogP contribution in [-0.4, -0.2) is 19.5 Å². The summed E-state index contributed by atoms with van der Waals surface area (Å²) in [6.07, 6.45) is 10.8. The second-order valence-corrected chi connectivity index (χ2v) is 6.28. The van der Waals surface area contributed by atoms with Crippen LogP contribution in [0.4, 0.5) is 0 Å². The van der Waals surface area contributed by atoms with Crippen molar-refractivity contribution in [3.8, 4) is 5.82 Å². The lowest BCUT2D eigenvalue weighted by molar-refractivity contribution is 0.509. The quantitative estimate of drug-likeness (QED) is 0.682. The molecule has 0 fully saturated rings. The lowest BCUT2D eigenvalue weighted by Gasteiger charge is -2.18. The van der Waals surface area contributed by atoms with Crippen molar-refractivity contribution in [1.82, 2.24) is 19.5 Å². The number of rotatable bonds is 1. The van der Waals surface area contributed by atoms with E-state index in [1.165, 1.54) is 28.7 Å². The maximum absolute atomic E-state index is 4.47. The summed E-state index contributed by atoms with van der Waals surface area (Å²) in [4.78, 5) is 15.6. The van der Waals surface area contributed by atoms with Crippen molar-refractivity contribution in [2.75, 3.05) is 0 Å². The highest BCUT2D eigenvalue weighted by Crippen LogP contribution is 2.38. The predicted octanol–water partition coefficient (Wildman–Crippen LogP) is 3.00. The molecule has 0 spiro atoms. The molecule has 0 aromatic carbocycles. The van der Waals surface area contributed by atoms with Gasteiger partial charge in [0, 0.05) is 17.3 Å². The Balaban J connectivity index is 2.00. The summed E-state index contributed by atoms with van der Waals surface area (Å²) in [5, 5.41) is 1.23. The summed E-state index contributed by atoms with van der Waals surface area (Å²) in [6, 6.07) is 0. The van der Waals surface area contributed by atoms with Gasteiger partial charge in [0.25, 0.3) is 0 Å². The molecule has 4 rings (SSSR count). The van der Waals surface area contributed by atoms with E-state index in [-0.39, 0.29) is 0 Å². The molecule has 3 aromatic heterocycles. The Morgan fingerprint density at radius 2 is 2.32 bits per heavy atom. The molecule has 96 valence electrons.